The number of ether oxygens (including phenoxy) is 4. The van der Waals surface area contributed by atoms with Crippen molar-refractivity contribution in [2.45, 2.75) is 394 Å². The third-order valence-electron chi connectivity index (χ3n) is 17.3. The summed E-state index contributed by atoms with van der Waals surface area (Å²) in [4.78, 5) is 72.5. The van der Waals surface area contributed by atoms with Crippen molar-refractivity contribution in [2.24, 2.45) is 11.8 Å². The van der Waals surface area contributed by atoms with Gasteiger partial charge in [0.25, 0.3) is 0 Å². The maximum atomic E-state index is 13.0. The molecule has 546 valence electrons. The molecule has 0 spiro atoms. The lowest BCUT2D eigenvalue weighted by Crippen LogP contribution is -2.30. The Bertz CT molecular complexity index is 1790. The van der Waals surface area contributed by atoms with Gasteiger partial charge in [-0.25, -0.2) is 9.13 Å². The molecule has 17 nitrogen and oxygen atoms in total. The summed E-state index contributed by atoms with van der Waals surface area (Å²) in [6, 6.07) is 0. The summed E-state index contributed by atoms with van der Waals surface area (Å²) >= 11 is 0. The fourth-order valence-electron chi connectivity index (χ4n) is 11.1. The summed E-state index contributed by atoms with van der Waals surface area (Å²) in [7, 11) is -9.90. The van der Waals surface area contributed by atoms with Gasteiger partial charge in [0.05, 0.1) is 26.4 Å². The predicted octanol–water partition coefficient (Wildman–Crippen LogP) is 21.2. The minimum absolute atomic E-state index is 0.103. The van der Waals surface area contributed by atoms with E-state index in [2.05, 4.69) is 41.5 Å². The van der Waals surface area contributed by atoms with Gasteiger partial charge in [-0.05, 0) is 37.5 Å². The summed E-state index contributed by atoms with van der Waals surface area (Å²) in [5, 5.41) is 10.6. The SMILES string of the molecule is CCCCCCCCCCCCCCCCCCCCCCCCC(=O)O[C@H](COC(=O)CCCCCCCCCCCC(C)C)COP(=O)(O)OC[C@@H](O)COP(=O)(O)OC[C@@H](COC(=O)CCCCCCCCCC)OC(=O)CCCCCCCCC(C)CC. The monoisotopic (exact) mass is 1350 g/mol. The van der Waals surface area contributed by atoms with E-state index in [0.29, 0.717) is 25.7 Å². The zero-order valence-corrected chi connectivity index (χ0v) is 61.6. The smallest absolute Gasteiger partial charge is 0.462 e. The number of phosphoric ester groups is 2. The van der Waals surface area contributed by atoms with E-state index < -0.39 is 97.5 Å². The fourth-order valence-corrected chi connectivity index (χ4v) is 12.7. The van der Waals surface area contributed by atoms with E-state index >= 15 is 0 Å². The topological polar surface area (TPSA) is 237 Å². The standard InChI is InChI=1S/C73H142O17P2/c1-7-10-12-14-16-18-19-20-21-22-23-24-25-26-27-28-29-30-33-38-45-51-57-72(77)89-68(61-84-71(76)56-50-44-37-34-31-32-35-41-47-53-65(4)5)63-87-91(79,80)85-59-67(74)60-86-92(81,82)88-64-69(62-83-70(75)55-49-43-36-17-15-13-11-8-2)90-73(78)58-52-46-40-39-42-48-54-66(6)9-3/h65-69,74H,7-64H2,1-6H3,(H,79,80)(H,81,82)/t66?,67-,68-,69-/m1/s1. The number of hydrogen-bond acceptors (Lipinski definition) is 15. The number of aliphatic hydroxyl groups excluding tert-OH is 1. The summed E-state index contributed by atoms with van der Waals surface area (Å²) < 4.78 is 68.3. The molecule has 0 saturated carbocycles. The van der Waals surface area contributed by atoms with Crippen LogP contribution in [0.1, 0.15) is 375 Å². The quantitative estimate of drug-likeness (QED) is 0.0222. The van der Waals surface area contributed by atoms with Gasteiger partial charge in [-0.2, -0.15) is 0 Å². The van der Waals surface area contributed by atoms with Crippen LogP contribution >= 0.6 is 15.6 Å². The van der Waals surface area contributed by atoms with Crippen molar-refractivity contribution in [2.75, 3.05) is 39.6 Å². The number of aliphatic hydroxyl groups is 1. The molecule has 3 N–H and O–H groups in total. The number of phosphoric acid groups is 2. The first-order valence-corrected chi connectivity index (χ1v) is 41.0. The van der Waals surface area contributed by atoms with Crippen LogP contribution in [0, 0.1) is 11.8 Å². The second-order valence-electron chi connectivity index (χ2n) is 27.1. The molecule has 3 unspecified atom stereocenters. The number of carbonyl (C=O) groups is 4. The molecule has 0 heterocycles. The van der Waals surface area contributed by atoms with Gasteiger partial charge in [0.2, 0.25) is 0 Å². The molecule has 0 radical (unpaired) electrons. The first kappa shape index (κ1) is 90.1. The molecule has 0 aromatic carbocycles. The molecule has 92 heavy (non-hydrogen) atoms. The first-order chi connectivity index (χ1) is 44.4. The van der Waals surface area contributed by atoms with Crippen LogP contribution in [0.2, 0.25) is 0 Å². The molecule has 0 aliphatic carbocycles. The number of unbranched alkanes of at least 4 members (excludes halogenated alkanes) is 41. The van der Waals surface area contributed by atoms with E-state index in [1.54, 1.807) is 0 Å². The maximum Gasteiger partial charge on any atom is 0.472 e. The molecule has 6 atom stereocenters. The number of hydrogen-bond donors (Lipinski definition) is 3. The number of carbonyl (C=O) groups excluding carboxylic acids is 4. The van der Waals surface area contributed by atoms with Crippen LogP contribution in [-0.4, -0.2) is 96.7 Å². The van der Waals surface area contributed by atoms with Crippen LogP contribution in [-0.2, 0) is 65.4 Å². The Labute approximate surface area is 562 Å². The number of esters is 4. The normalized spacial score (nSPS) is 14.4. The van der Waals surface area contributed by atoms with E-state index in [9.17, 15) is 43.2 Å². The molecule has 0 aromatic rings. The van der Waals surface area contributed by atoms with Crippen LogP contribution in [0.3, 0.4) is 0 Å². The van der Waals surface area contributed by atoms with Gasteiger partial charge in [-0.1, -0.05) is 324 Å². The van der Waals surface area contributed by atoms with E-state index in [0.717, 1.165) is 108 Å². The Morgan fingerprint density at radius 3 is 0.826 bits per heavy atom. The molecular formula is C73H142O17P2. The molecule has 0 bridgehead atoms. The Kier molecular flexibility index (Phi) is 63.7. The molecule has 0 rings (SSSR count). The van der Waals surface area contributed by atoms with Crippen molar-refractivity contribution in [3.63, 3.8) is 0 Å². The third-order valence-corrected chi connectivity index (χ3v) is 19.2. The first-order valence-electron chi connectivity index (χ1n) is 38.0. The highest BCUT2D eigenvalue weighted by atomic mass is 31.2. The van der Waals surface area contributed by atoms with Gasteiger partial charge in [-0.3, -0.25) is 37.3 Å². The largest absolute Gasteiger partial charge is 0.472 e. The lowest BCUT2D eigenvalue weighted by molar-refractivity contribution is -0.161. The average Bonchev–Trinajstić information content (AvgIpc) is 3.18. The molecule has 0 aliphatic heterocycles. The maximum absolute atomic E-state index is 13.0. The summed E-state index contributed by atoms with van der Waals surface area (Å²) in [5.74, 6) is -0.664. The van der Waals surface area contributed by atoms with Crippen molar-refractivity contribution >= 4 is 39.5 Å². The van der Waals surface area contributed by atoms with Crippen molar-refractivity contribution in [1.29, 1.82) is 0 Å². The minimum atomic E-state index is -4.95. The van der Waals surface area contributed by atoms with Crippen LogP contribution in [0.4, 0.5) is 0 Å². The summed E-state index contributed by atoms with van der Waals surface area (Å²) in [6.07, 6.45) is 51.7. The highest BCUT2D eigenvalue weighted by Gasteiger charge is 2.30. The molecule has 0 aliphatic rings. The van der Waals surface area contributed by atoms with Crippen LogP contribution in [0.5, 0.6) is 0 Å². The number of rotatable bonds is 72. The van der Waals surface area contributed by atoms with Gasteiger partial charge < -0.3 is 33.8 Å². The Morgan fingerprint density at radius 2 is 0.554 bits per heavy atom. The molecular weight excluding hydrogens is 1210 g/mol. The van der Waals surface area contributed by atoms with Crippen LogP contribution in [0.25, 0.3) is 0 Å². The van der Waals surface area contributed by atoms with Crippen molar-refractivity contribution in [3.05, 3.63) is 0 Å². The Morgan fingerprint density at radius 1 is 0.315 bits per heavy atom. The molecule has 0 fully saturated rings. The molecule has 0 aromatic heterocycles. The third kappa shape index (κ3) is 65.4. The van der Waals surface area contributed by atoms with E-state index in [-0.39, 0.29) is 25.7 Å². The zero-order valence-electron chi connectivity index (χ0n) is 59.9. The van der Waals surface area contributed by atoms with Crippen molar-refractivity contribution < 1.29 is 80.2 Å². The van der Waals surface area contributed by atoms with Gasteiger partial charge >= 0.3 is 39.5 Å². The fraction of sp³-hybridized carbons (Fsp3) is 0.945. The predicted molar refractivity (Wildman–Crippen MR) is 372 cm³/mol. The highest BCUT2D eigenvalue weighted by Crippen LogP contribution is 2.45. The van der Waals surface area contributed by atoms with Crippen LogP contribution < -0.4 is 0 Å². The molecule has 0 saturated heterocycles. The van der Waals surface area contributed by atoms with Crippen molar-refractivity contribution in [3.8, 4) is 0 Å². The van der Waals surface area contributed by atoms with Gasteiger partial charge in [0, 0.05) is 25.7 Å². The summed E-state index contributed by atoms with van der Waals surface area (Å²) in [6.45, 7) is 9.46. The Balaban J connectivity index is 5.14. The van der Waals surface area contributed by atoms with E-state index in [1.165, 1.54) is 186 Å². The lowest BCUT2D eigenvalue weighted by Gasteiger charge is -2.21. The molecule has 0 amide bonds. The molecule has 19 heteroatoms. The zero-order chi connectivity index (χ0) is 67.9. The second kappa shape index (κ2) is 65.0. The summed E-state index contributed by atoms with van der Waals surface area (Å²) in [5.41, 5.74) is 0. The van der Waals surface area contributed by atoms with Gasteiger partial charge in [-0.15, -0.1) is 0 Å². The minimum Gasteiger partial charge on any atom is -0.462 e. The van der Waals surface area contributed by atoms with Crippen molar-refractivity contribution in [1.82, 2.24) is 0 Å². The average molecular weight is 1350 g/mol. The van der Waals surface area contributed by atoms with Gasteiger partial charge in [0.15, 0.2) is 12.2 Å². The Hall–Kier alpha value is -1.94. The van der Waals surface area contributed by atoms with E-state index in [1.807, 2.05) is 0 Å². The van der Waals surface area contributed by atoms with E-state index in [4.69, 9.17) is 37.0 Å². The lowest BCUT2D eigenvalue weighted by atomic mass is 10.00. The van der Waals surface area contributed by atoms with Crippen LogP contribution in [0.15, 0.2) is 0 Å². The highest BCUT2D eigenvalue weighted by molar-refractivity contribution is 7.47. The van der Waals surface area contributed by atoms with Gasteiger partial charge in [0.1, 0.15) is 19.3 Å². The second-order valence-corrected chi connectivity index (χ2v) is 30.0.